The van der Waals surface area contributed by atoms with E-state index in [1.165, 1.54) is 11.1 Å². The van der Waals surface area contributed by atoms with Gasteiger partial charge in [-0.3, -0.25) is 0 Å². The van der Waals surface area contributed by atoms with Gasteiger partial charge in [0.15, 0.2) is 0 Å². The van der Waals surface area contributed by atoms with E-state index < -0.39 is 0 Å². The number of para-hydroxylation sites is 1. The van der Waals surface area contributed by atoms with E-state index in [-0.39, 0.29) is 0 Å². The van der Waals surface area contributed by atoms with Gasteiger partial charge in [-0.15, -0.1) is 0 Å². The van der Waals surface area contributed by atoms with Gasteiger partial charge in [0.05, 0.1) is 5.69 Å². The van der Waals surface area contributed by atoms with Crippen LogP contribution < -0.4 is 5.32 Å². The molecule has 0 bridgehead atoms. The molecule has 0 aliphatic heterocycles. The monoisotopic (exact) mass is 399 g/mol. The fourth-order valence-corrected chi connectivity index (χ4v) is 3.95. The van der Waals surface area contributed by atoms with Crippen LogP contribution in [-0.4, -0.2) is 6.04 Å². The summed E-state index contributed by atoms with van der Waals surface area (Å²) in [6, 6.07) is 12.7. The smallest absolute Gasteiger partial charge is 0.0631 e. The summed E-state index contributed by atoms with van der Waals surface area (Å²) >= 11 is 13.2. The van der Waals surface area contributed by atoms with Crippen molar-refractivity contribution in [3.63, 3.8) is 0 Å². The van der Waals surface area contributed by atoms with Crippen LogP contribution in [0.15, 0.2) is 45.3 Å². The highest BCUT2D eigenvalue weighted by Gasteiger charge is 2.22. The first-order chi connectivity index (χ1) is 9.13. The molecule has 0 saturated heterocycles. The number of benzene rings is 2. The molecule has 1 atom stereocenters. The van der Waals surface area contributed by atoms with Crippen LogP contribution in [0.1, 0.15) is 11.1 Å². The van der Waals surface area contributed by atoms with Crippen LogP contribution >= 0.6 is 43.5 Å². The molecule has 0 fully saturated rings. The van der Waals surface area contributed by atoms with Gasteiger partial charge in [0.2, 0.25) is 0 Å². The van der Waals surface area contributed by atoms with Gasteiger partial charge in [-0.2, -0.15) is 0 Å². The summed E-state index contributed by atoms with van der Waals surface area (Å²) in [5.41, 5.74) is 3.87. The number of fused-ring (bicyclic) bond motifs is 1. The predicted octanol–water partition coefficient (Wildman–Crippen LogP) is 5.44. The molecule has 0 saturated carbocycles. The second-order valence-corrected chi connectivity index (χ2v) is 6.90. The Kier molecular flexibility index (Phi) is 3.88. The normalized spacial score (nSPS) is 17.3. The number of hydrogen-bond acceptors (Lipinski definition) is 1. The van der Waals surface area contributed by atoms with E-state index in [0.717, 1.165) is 32.5 Å². The SMILES string of the molecule is Clc1ccc2c(c1)CC(Nc1c(Br)cccc1Br)C2. The molecule has 98 valence electrons. The van der Waals surface area contributed by atoms with E-state index in [1.807, 2.05) is 24.3 Å². The Bertz CT molecular complexity index is 607. The number of hydrogen-bond donors (Lipinski definition) is 1. The fourth-order valence-electron chi connectivity index (χ4n) is 2.53. The van der Waals surface area contributed by atoms with E-state index in [2.05, 4.69) is 49.3 Å². The highest BCUT2D eigenvalue weighted by Crippen LogP contribution is 2.34. The molecule has 3 rings (SSSR count). The Labute approximate surface area is 134 Å². The van der Waals surface area contributed by atoms with Gasteiger partial charge >= 0.3 is 0 Å². The van der Waals surface area contributed by atoms with Gasteiger partial charge in [-0.05, 0) is 80.1 Å². The first-order valence-electron chi connectivity index (χ1n) is 6.11. The van der Waals surface area contributed by atoms with Crippen molar-refractivity contribution >= 4 is 49.1 Å². The zero-order valence-electron chi connectivity index (χ0n) is 10.1. The van der Waals surface area contributed by atoms with Crippen molar-refractivity contribution in [2.45, 2.75) is 18.9 Å². The van der Waals surface area contributed by atoms with Crippen LogP contribution in [0.25, 0.3) is 0 Å². The minimum absolute atomic E-state index is 0.420. The minimum atomic E-state index is 0.420. The summed E-state index contributed by atoms with van der Waals surface area (Å²) in [4.78, 5) is 0. The quantitative estimate of drug-likeness (QED) is 0.706. The first kappa shape index (κ1) is 13.5. The lowest BCUT2D eigenvalue weighted by molar-refractivity contribution is 0.773. The third kappa shape index (κ3) is 2.83. The molecular weight excluding hydrogens is 389 g/mol. The third-order valence-electron chi connectivity index (χ3n) is 3.41. The van der Waals surface area contributed by atoms with E-state index in [4.69, 9.17) is 11.6 Å². The van der Waals surface area contributed by atoms with Crippen LogP contribution in [0.3, 0.4) is 0 Å². The number of nitrogens with one attached hydrogen (secondary N) is 1. The molecule has 19 heavy (non-hydrogen) atoms. The van der Waals surface area contributed by atoms with Crippen LogP contribution in [0.2, 0.25) is 5.02 Å². The van der Waals surface area contributed by atoms with Gasteiger partial charge in [-0.25, -0.2) is 0 Å². The zero-order valence-corrected chi connectivity index (χ0v) is 14.0. The molecule has 1 N–H and O–H groups in total. The van der Waals surface area contributed by atoms with E-state index in [0.29, 0.717) is 6.04 Å². The van der Waals surface area contributed by atoms with Crippen molar-refractivity contribution in [3.05, 3.63) is 61.5 Å². The van der Waals surface area contributed by atoms with Gasteiger partial charge < -0.3 is 5.32 Å². The highest BCUT2D eigenvalue weighted by atomic mass is 79.9. The molecule has 1 aliphatic carbocycles. The number of halogens is 3. The molecule has 0 spiro atoms. The Morgan fingerprint density at radius 3 is 2.42 bits per heavy atom. The lowest BCUT2D eigenvalue weighted by atomic mass is 10.1. The second-order valence-electron chi connectivity index (χ2n) is 4.76. The molecule has 1 nitrogen and oxygen atoms in total. The standard InChI is InChI=1S/C15H12Br2ClN/c16-13-2-1-3-14(17)15(13)19-12-7-9-4-5-11(18)6-10(9)8-12/h1-6,12,19H,7-8H2. The zero-order chi connectivity index (χ0) is 13.4. The first-order valence-corrected chi connectivity index (χ1v) is 8.08. The maximum atomic E-state index is 6.05. The van der Waals surface area contributed by atoms with Crippen molar-refractivity contribution in [2.75, 3.05) is 5.32 Å². The summed E-state index contributed by atoms with van der Waals surface area (Å²) in [5, 5.41) is 4.43. The summed E-state index contributed by atoms with van der Waals surface area (Å²) in [6.07, 6.45) is 2.06. The lowest BCUT2D eigenvalue weighted by Crippen LogP contribution is -2.20. The van der Waals surface area contributed by atoms with Gasteiger partial charge in [0, 0.05) is 20.0 Å². The molecule has 2 aromatic carbocycles. The summed E-state index contributed by atoms with van der Waals surface area (Å²) in [5.74, 6) is 0. The van der Waals surface area contributed by atoms with Gasteiger partial charge in [-0.1, -0.05) is 23.7 Å². The summed E-state index contributed by atoms with van der Waals surface area (Å²) in [7, 11) is 0. The van der Waals surface area contributed by atoms with Gasteiger partial charge in [0.1, 0.15) is 0 Å². The number of anilines is 1. The average Bonchev–Trinajstić information content (AvgIpc) is 2.75. The predicted molar refractivity (Wildman–Crippen MR) is 88.1 cm³/mol. The topological polar surface area (TPSA) is 12.0 Å². The summed E-state index contributed by atoms with van der Waals surface area (Å²) in [6.45, 7) is 0. The lowest BCUT2D eigenvalue weighted by Gasteiger charge is -2.16. The van der Waals surface area contributed by atoms with Crippen LogP contribution in [-0.2, 0) is 12.8 Å². The summed E-state index contributed by atoms with van der Waals surface area (Å²) < 4.78 is 2.16. The molecule has 1 unspecified atom stereocenters. The third-order valence-corrected chi connectivity index (χ3v) is 4.97. The van der Waals surface area contributed by atoms with E-state index in [1.54, 1.807) is 0 Å². The maximum absolute atomic E-state index is 6.05. The molecule has 2 aromatic rings. The Balaban J connectivity index is 1.81. The molecule has 0 aromatic heterocycles. The van der Waals surface area contributed by atoms with E-state index >= 15 is 0 Å². The molecule has 4 heteroatoms. The fraction of sp³-hybridized carbons (Fsp3) is 0.200. The minimum Gasteiger partial charge on any atom is -0.380 e. The van der Waals surface area contributed by atoms with Crippen molar-refractivity contribution in [1.82, 2.24) is 0 Å². The van der Waals surface area contributed by atoms with Gasteiger partial charge in [0.25, 0.3) is 0 Å². The Morgan fingerprint density at radius 2 is 1.68 bits per heavy atom. The molecular formula is C15H12Br2ClN. The Morgan fingerprint density at radius 1 is 1.00 bits per heavy atom. The number of rotatable bonds is 2. The van der Waals surface area contributed by atoms with E-state index in [9.17, 15) is 0 Å². The van der Waals surface area contributed by atoms with Crippen LogP contribution in [0, 0.1) is 0 Å². The molecule has 0 amide bonds. The second kappa shape index (κ2) is 5.47. The highest BCUT2D eigenvalue weighted by molar-refractivity contribution is 9.11. The van der Waals surface area contributed by atoms with Crippen LogP contribution in [0.5, 0.6) is 0 Å². The van der Waals surface area contributed by atoms with Crippen molar-refractivity contribution < 1.29 is 0 Å². The van der Waals surface area contributed by atoms with Crippen LogP contribution in [0.4, 0.5) is 5.69 Å². The molecule has 0 heterocycles. The average molecular weight is 402 g/mol. The van der Waals surface area contributed by atoms with Crippen molar-refractivity contribution in [2.24, 2.45) is 0 Å². The Hall–Kier alpha value is -0.510. The molecule has 1 aliphatic rings. The van der Waals surface area contributed by atoms with Crippen molar-refractivity contribution in [3.8, 4) is 0 Å². The maximum Gasteiger partial charge on any atom is 0.0631 e. The largest absolute Gasteiger partial charge is 0.380 e. The molecule has 0 radical (unpaired) electrons. The van der Waals surface area contributed by atoms with Crippen molar-refractivity contribution in [1.29, 1.82) is 0 Å².